The summed E-state index contributed by atoms with van der Waals surface area (Å²) in [6.45, 7) is 11.2. The summed E-state index contributed by atoms with van der Waals surface area (Å²) in [5, 5.41) is 6.82. The fourth-order valence-corrected chi connectivity index (χ4v) is 2.90. The van der Waals surface area contributed by atoms with E-state index in [0.717, 1.165) is 43.9 Å². The average Bonchev–Trinajstić information content (AvgIpc) is 3.46. The number of para-hydroxylation sites is 1. The van der Waals surface area contributed by atoms with Crippen LogP contribution < -0.4 is 15.4 Å². The van der Waals surface area contributed by atoms with E-state index in [2.05, 4.69) is 59.5 Å². The molecule has 0 amide bonds. The van der Waals surface area contributed by atoms with Gasteiger partial charge in [-0.05, 0) is 44.8 Å². The number of nitrogens with zero attached hydrogens (tertiary/aromatic N) is 2. The van der Waals surface area contributed by atoms with Crippen molar-refractivity contribution in [3.63, 3.8) is 0 Å². The number of likely N-dealkylation sites (N-methyl/N-ethyl adjacent to an activating group) is 1. The first-order chi connectivity index (χ1) is 12.2. The Morgan fingerprint density at radius 2 is 1.96 bits per heavy atom. The van der Waals surface area contributed by atoms with E-state index >= 15 is 0 Å². The van der Waals surface area contributed by atoms with E-state index in [-0.39, 0.29) is 0 Å². The van der Waals surface area contributed by atoms with Gasteiger partial charge in [-0.2, -0.15) is 0 Å². The second-order valence-corrected chi connectivity index (χ2v) is 6.74. The molecule has 1 fully saturated rings. The molecule has 2 rings (SSSR count). The summed E-state index contributed by atoms with van der Waals surface area (Å²) < 4.78 is 5.98. The second-order valence-electron chi connectivity index (χ2n) is 6.74. The largest absolute Gasteiger partial charge is 0.493 e. The minimum Gasteiger partial charge on any atom is -0.493 e. The third-order valence-electron chi connectivity index (χ3n) is 4.81. The highest BCUT2D eigenvalue weighted by Gasteiger charge is 2.22. The van der Waals surface area contributed by atoms with Crippen LogP contribution in [0.2, 0.25) is 0 Å². The number of hydrogen-bond donors (Lipinski definition) is 2. The molecule has 1 saturated carbocycles. The minimum absolute atomic E-state index is 0.475. The molecular weight excluding hydrogens is 312 g/mol. The van der Waals surface area contributed by atoms with E-state index in [9.17, 15) is 0 Å². The zero-order valence-corrected chi connectivity index (χ0v) is 16.2. The summed E-state index contributed by atoms with van der Waals surface area (Å²) in [7, 11) is 1.81. The van der Waals surface area contributed by atoms with Crippen molar-refractivity contribution in [1.29, 1.82) is 0 Å². The quantitative estimate of drug-likeness (QED) is 0.505. The molecule has 1 unspecified atom stereocenters. The van der Waals surface area contributed by atoms with Gasteiger partial charge in [0, 0.05) is 31.7 Å². The lowest BCUT2D eigenvalue weighted by Crippen LogP contribution is -2.45. The molecule has 0 spiro atoms. The minimum atomic E-state index is 0.475. The molecule has 1 aromatic carbocycles. The average molecular weight is 347 g/mol. The second kappa shape index (κ2) is 10.3. The topological polar surface area (TPSA) is 48.9 Å². The van der Waals surface area contributed by atoms with Gasteiger partial charge in [0.25, 0.3) is 0 Å². The van der Waals surface area contributed by atoms with Crippen molar-refractivity contribution in [1.82, 2.24) is 15.5 Å². The lowest BCUT2D eigenvalue weighted by atomic mass is 10.2. The molecule has 0 heterocycles. The molecule has 1 aliphatic carbocycles. The zero-order chi connectivity index (χ0) is 18.1. The lowest BCUT2D eigenvalue weighted by Gasteiger charge is -2.27. The Balaban J connectivity index is 1.82. The number of nitrogens with one attached hydrogen (secondary N) is 2. The number of hydrogen-bond acceptors (Lipinski definition) is 3. The van der Waals surface area contributed by atoms with Crippen molar-refractivity contribution < 1.29 is 4.74 Å². The molecule has 1 atom stereocenters. The van der Waals surface area contributed by atoms with Crippen molar-refractivity contribution in [2.24, 2.45) is 10.9 Å². The number of aliphatic imine (C=N–C) groups is 1. The fraction of sp³-hybridized carbons (Fsp3) is 0.650. The molecule has 1 aliphatic rings. The summed E-state index contributed by atoms with van der Waals surface area (Å²) in [5.41, 5.74) is 1.17. The Bertz CT molecular complexity index is 538. The van der Waals surface area contributed by atoms with Gasteiger partial charge in [0.05, 0.1) is 6.61 Å². The Hall–Kier alpha value is -1.75. The molecule has 0 bridgehead atoms. The van der Waals surface area contributed by atoms with Gasteiger partial charge >= 0.3 is 0 Å². The van der Waals surface area contributed by atoms with Crippen LogP contribution in [0, 0.1) is 5.92 Å². The maximum Gasteiger partial charge on any atom is 0.191 e. The molecule has 0 aromatic heterocycles. The molecule has 2 N–H and O–H groups in total. The first-order valence-electron chi connectivity index (χ1n) is 9.57. The fourth-order valence-electron chi connectivity index (χ4n) is 2.90. The van der Waals surface area contributed by atoms with Crippen LogP contribution in [0.25, 0.3) is 0 Å². The monoisotopic (exact) mass is 346 g/mol. The molecular formula is C20H34N4O. The van der Waals surface area contributed by atoms with E-state index < -0.39 is 0 Å². The summed E-state index contributed by atoms with van der Waals surface area (Å²) in [4.78, 5) is 6.77. The summed E-state index contributed by atoms with van der Waals surface area (Å²) in [5.74, 6) is 2.57. The third-order valence-corrected chi connectivity index (χ3v) is 4.81. The van der Waals surface area contributed by atoms with Gasteiger partial charge in [-0.15, -0.1) is 0 Å². The van der Waals surface area contributed by atoms with Gasteiger partial charge < -0.3 is 15.4 Å². The molecule has 0 saturated heterocycles. The molecule has 0 aliphatic heterocycles. The first-order valence-corrected chi connectivity index (χ1v) is 9.57. The predicted octanol–water partition coefficient (Wildman–Crippen LogP) is 2.87. The maximum absolute atomic E-state index is 5.98. The van der Waals surface area contributed by atoms with Gasteiger partial charge in [-0.25, -0.2) is 0 Å². The lowest BCUT2D eigenvalue weighted by molar-refractivity contribution is 0.231. The molecule has 0 radical (unpaired) electrons. The summed E-state index contributed by atoms with van der Waals surface area (Å²) in [6.07, 6.45) is 2.61. The van der Waals surface area contributed by atoms with Crippen LogP contribution in [0.5, 0.6) is 5.75 Å². The normalized spacial score (nSPS) is 16.0. The van der Waals surface area contributed by atoms with Crippen LogP contribution in [0.3, 0.4) is 0 Å². The number of guanidine groups is 1. The number of benzene rings is 1. The number of rotatable bonds is 10. The van der Waals surface area contributed by atoms with Gasteiger partial charge in [0.1, 0.15) is 5.75 Å². The highest BCUT2D eigenvalue weighted by molar-refractivity contribution is 5.79. The molecule has 140 valence electrons. The van der Waals surface area contributed by atoms with Gasteiger partial charge in [0.2, 0.25) is 0 Å². The van der Waals surface area contributed by atoms with Crippen LogP contribution in [0.4, 0.5) is 0 Å². The van der Waals surface area contributed by atoms with Crippen molar-refractivity contribution in [3.8, 4) is 5.75 Å². The highest BCUT2D eigenvalue weighted by Crippen LogP contribution is 2.30. The maximum atomic E-state index is 5.98. The van der Waals surface area contributed by atoms with E-state index in [0.29, 0.717) is 12.6 Å². The number of ether oxygens (including phenoxy) is 1. The van der Waals surface area contributed by atoms with E-state index in [1.807, 2.05) is 13.1 Å². The van der Waals surface area contributed by atoms with Crippen molar-refractivity contribution in [3.05, 3.63) is 29.8 Å². The Morgan fingerprint density at radius 1 is 1.24 bits per heavy atom. The zero-order valence-electron chi connectivity index (χ0n) is 16.2. The SMILES string of the molecule is CCN(CC)C(C)CNC(=NC)NCc1ccccc1OCC1CC1. The van der Waals surface area contributed by atoms with Gasteiger partial charge in [-0.1, -0.05) is 32.0 Å². The van der Waals surface area contributed by atoms with Crippen LogP contribution in [0.1, 0.15) is 39.2 Å². The van der Waals surface area contributed by atoms with Gasteiger partial charge in [0.15, 0.2) is 5.96 Å². The first kappa shape index (κ1) is 19.6. The predicted molar refractivity (Wildman–Crippen MR) is 105 cm³/mol. The van der Waals surface area contributed by atoms with Gasteiger partial charge in [-0.3, -0.25) is 9.89 Å². The van der Waals surface area contributed by atoms with Crippen LogP contribution >= 0.6 is 0 Å². The van der Waals surface area contributed by atoms with Crippen molar-refractivity contribution >= 4 is 5.96 Å². The molecule has 5 nitrogen and oxygen atoms in total. The molecule has 1 aromatic rings. The Morgan fingerprint density at radius 3 is 2.60 bits per heavy atom. The summed E-state index contributed by atoms with van der Waals surface area (Å²) >= 11 is 0. The third kappa shape index (κ3) is 6.58. The Labute approximate surface area is 152 Å². The Kier molecular flexibility index (Phi) is 8.06. The van der Waals surface area contributed by atoms with Crippen molar-refractivity contribution in [2.45, 2.75) is 46.2 Å². The highest BCUT2D eigenvalue weighted by atomic mass is 16.5. The van der Waals surface area contributed by atoms with E-state index in [4.69, 9.17) is 4.74 Å². The van der Waals surface area contributed by atoms with Crippen molar-refractivity contribution in [2.75, 3.05) is 33.3 Å². The molecule has 25 heavy (non-hydrogen) atoms. The van der Waals surface area contributed by atoms with E-state index in [1.54, 1.807) is 0 Å². The molecule has 5 heteroatoms. The summed E-state index contributed by atoms with van der Waals surface area (Å²) in [6, 6.07) is 8.73. The van der Waals surface area contributed by atoms with Crippen LogP contribution in [0.15, 0.2) is 29.3 Å². The van der Waals surface area contributed by atoms with E-state index in [1.165, 1.54) is 18.4 Å². The standard InChI is InChI=1S/C20H34N4O/c1-5-24(6-2)16(3)13-22-20(21-4)23-14-18-9-7-8-10-19(18)25-15-17-11-12-17/h7-10,16-17H,5-6,11-15H2,1-4H3,(H2,21,22,23). The smallest absolute Gasteiger partial charge is 0.191 e. The van der Waals surface area contributed by atoms with Crippen LogP contribution in [-0.4, -0.2) is 50.2 Å². The van der Waals surface area contributed by atoms with Crippen LogP contribution in [-0.2, 0) is 6.54 Å².